The van der Waals surface area contributed by atoms with Crippen molar-refractivity contribution < 1.29 is 4.79 Å². The molecule has 0 spiro atoms. The highest BCUT2D eigenvalue weighted by Gasteiger charge is 2.14. The van der Waals surface area contributed by atoms with Crippen molar-refractivity contribution in [2.24, 2.45) is 10.7 Å². The Balaban J connectivity index is 2.68. The van der Waals surface area contributed by atoms with Gasteiger partial charge in [0, 0.05) is 38.2 Å². The number of rotatable bonds is 4. The zero-order chi connectivity index (χ0) is 16.0. The van der Waals surface area contributed by atoms with Gasteiger partial charge in [0.2, 0.25) is 5.91 Å². The van der Waals surface area contributed by atoms with Crippen molar-refractivity contribution in [2.75, 3.05) is 19.6 Å². The molecule has 1 saturated heterocycles. The molecular formula is C15H25N5O. The Morgan fingerprint density at radius 3 is 2.71 bits per heavy atom. The second kappa shape index (κ2) is 7.61. The molecule has 116 valence electrons. The number of carbonyl (C=O) groups excluding carboxylic acids is 1. The van der Waals surface area contributed by atoms with Crippen LogP contribution in [-0.4, -0.2) is 42.0 Å². The largest absolute Gasteiger partial charge is 0.397 e. The van der Waals surface area contributed by atoms with E-state index in [2.05, 4.69) is 21.8 Å². The highest BCUT2D eigenvalue weighted by Crippen LogP contribution is 2.13. The van der Waals surface area contributed by atoms with Crippen molar-refractivity contribution in [3.8, 4) is 0 Å². The van der Waals surface area contributed by atoms with Crippen molar-refractivity contribution in [3.63, 3.8) is 0 Å². The summed E-state index contributed by atoms with van der Waals surface area (Å²) in [6.45, 7) is 11.5. The van der Waals surface area contributed by atoms with Crippen molar-refractivity contribution >= 4 is 17.5 Å². The monoisotopic (exact) mass is 291 g/mol. The van der Waals surface area contributed by atoms with Crippen LogP contribution in [0.1, 0.15) is 33.6 Å². The van der Waals surface area contributed by atoms with Crippen molar-refractivity contribution in [1.82, 2.24) is 10.2 Å². The molecule has 0 aromatic heterocycles. The molecule has 0 radical (unpaired) electrons. The molecule has 0 aromatic carbocycles. The van der Waals surface area contributed by atoms with E-state index < -0.39 is 0 Å². The SMILES string of the molecule is C=C(C/C(C)=C(\N)C(C)=N)/N=C(\C)N1CCNC(=O)CC1. The van der Waals surface area contributed by atoms with E-state index in [1.165, 1.54) is 0 Å². The number of nitrogens with two attached hydrogens (primary N) is 1. The summed E-state index contributed by atoms with van der Waals surface area (Å²) in [5.41, 5.74) is 8.29. The Morgan fingerprint density at radius 2 is 2.10 bits per heavy atom. The van der Waals surface area contributed by atoms with Gasteiger partial charge in [-0.3, -0.25) is 4.79 Å². The van der Waals surface area contributed by atoms with Crippen LogP contribution in [0.5, 0.6) is 0 Å². The van der Waals surface area contributed by atoms with E-state index in [0.717, 1.165) is 18.0 Å². The van der Waals surface area contributed by atoms with Gasteiger partial charge in [-0.1, -0.05) is 6.58 Å². The van der Waals surface area contributed by atoms with Crippen LogP contribution in [0.3, 0.4) is 0 Å². The average Bonchev–Trinajstić information content (AvgIpc) is 2.62. The molecule has 21 heavy (non-hydrogen) atoms. The summed E-state index contributed by atoms with van der Waals surface area (Å²) in [5.74, 6) is 0.937. The third-order valence-corrected chi connectivity index (χ3v) is 3.42. The lowest BCUT2D eigenvalue weighted by Crippen LogP contribution is -2.32. The number of amides is 1. The van der Waals surface area contributed by atoms with Gasteiger partial charge in [0.05, 0.1) is 11.4 Å². The minimum absolute atomic E-state index is 0.0807. The summed E-state index contributed by atoms with van der Waals surface area (Å²) in [6, 6.07) is 0. The number of nitrogens with zero attached hydrogens (tertiary/aromatic N) is 2. The number of hydrogen-bond donors (Lipinski definition) is 3. The molecule has 1 fully saturated rings. The van der Waals surface area contributed by atoms with Gasteiger partial charge < -0.3 is 21.4 Å². The van der Waals surface area contributed by atoms with Crippen LogP contribution in [0, 0.1) is 5.41 Å². The fourth-order valence-corrected chi connectivity index (χ4v) is 2.15. The van der Waals surface area contributed by atoms with Gasteiger partial charge in [-0.05, 0) is 26.3 Å². The standard InChI is InChI=1S/C15H25N5O/c1-10(15(17)12(3)16)9-11(2)19-13(4)20-7-5-14(21)18-6-8-20/h16H,2,5-9,17H2,1,3-4H3,(H,18,21)/b15-10-,16-12?,19-13+. The summed E-state index contributed by atoms with van der Waals surface area (Å²) >= 11 is 0. The van der Waals surface area contributed by atoms with Gasteiger partial charge in [-0.25, -0.2) is 4.99 Å². The van der Waals surface area contributed by atoms with Crippen LogP contribution in [0.15, 0.2) is 28.5 Å². The van der Waals surface area contributed by atoms with E-state index in [0.29, 0.717) is 43.0 Å². The van der Waals surface area contributed by atoms with Crippen LogP contribution >= 0.6 is 0 Å². The summed E-state index contributed by atoms with van der Waals surface area (Å²) < 4.78 is 0. The van der Waals surface area contributed by atoms with Gasteiger partial charge in [-0.2, -0.15) is 0 Å². The third-order valence-electron chi connectivity index (χ3n) is 3.42. The van der Waals surface area contributed by atoms with E-state index in [-0.39, 0.29) is 5.91 Å². The Kier molecular flexibility index (Phi) is 6.14. The molecule has 0 saturated carbocycles. The first-order valence-electron chi connectivity index (χ1n) is 7.06. The summed E-state index contributed by atoms with van der Waals surface area (Å²) in [7, 11) is 0. The number of aliphatic imine (C=N–C) groups is 1. The van der Waals surface area contributed by atoms with Crippen molar-refractivity contribution in [1.29, 1.82) is 5.41 Å². The Labute approximate surface area is 126 Å². The number of amidine groups is 1. The lowest BCUT2D eigenvalue weighted by Gasteiger charge is -2.21. The molecule has 0 aliphatic carbocycles. The minimum atomic E-state index is 0.0807. The number of allylic oxidation sites excluding steroid dienone is 2. The van der Waals surface area contributed by atoms with Crippen LogP contribution in [0.25, 0.3) is 0 Å². The molecule has 1 heterocycles. The lowest BCUT2D eigenvalue weighted by molar-refractivity contribution is -0.120. The molecule has 0 aromatic rings. The maximum absolute atomic E-state index is 11.3. The Morgan fingerprint density at radius 1 is 1.43 bits per heavy atom. The second-order valence-electron chi connectivity index (χ2n) is 5.31. The smallest absolute Gasteiger partial charge is 0.221 e. The molecule has 0 atom stereocenters. The van der Waals surface area contributed by atoms with Gasteiger partial charge in [0.15, 0.2) is 0 Å². The Bertz CT molecular complexity index is 504. The number of carbonyl (C=O) groups is 1. The molecule has 1 rings (SSSR count). The maximum Gasteiger partial charge on any atom is 0.221 e. The van der Waals surface area contributed by atoms with E-state index >= 15 is 0 Å². The fraction of sp³-hybridized carbons (Fsp3) is 0.533. The van der Waals surface area contributed by atoms with Gasteiger partial charge in [0.25, 0.3) is 0 Å². The van der Waals surface area contributed by atoms with Gasteiger partial charge >= 0.3 is 0 Å². The van der Waals surface area contributed by atoms with Crippen LogP contribution in [0.4, 0.5) is 0 Å². The van der Waals surface area contributed by atoms with Crippen molar-refractivity contribution in [3.05, 3.63) is 23.5 Å². The zero-order valence-corrected chi connectivity index (χ0v) is 13.1. The first-order chi connectivity index (χ1) is 9.81. The lowest BCUT2D eigenvalue weighted by atomic mass is 10.1. The normalized spacial score (nSPS) is 17.8. The third kappa shape index (κ3) is 5.41. The van der Waals surface area contributed by atoms with Crippen LogP contribution in [-0.2, 0) is 4.79 Å². The highest BCUT2D eigenvalue weighted by molar-refractivity contribution is 5.95. The van der Waals surface area contributed by atoms with E-state index in [1.807, 2.05) is 13.8 Å². The van der Waals surface area contributed by atoms with Gasteiger partial charge in [-0.15, -0.1) is 0 Å². The topological polar surface area (TPSA) is 94.6 Å². The molecule has 4 N–H and O–H groups in total. The molecule has 1 aliphatic heterocycles. The molecule has 0 unspecified atom stereocenters. The first-order valence-corrected chi connectivity index (χ1v) is 7.06. The Hall–Kier alpha value is -2.11. The molecular weight excluding hydrogens is 266 g/mol. The minimum Gasteiger partial charge on any atom is -0.397 e. The quantitative estimate of drug-likeness (QED) is 0.540. The molecule has 6 heteroatoms. The summed E-state index contributed by atoms with van der Waals surface area (Å²) in [6.07, 6.45) is 1.03. The van der Waals surface area contributed by atoms with E-state index in [4.69, 9.17) is 11.1 Å². The maximum atomic E-state index is 11.3. The summed E-state index contributed by atoms with van der Waals surface area (Å²) in [4.78, 5) is 17.9. The fourth-order valence-electron chi connectivity index (χ4n) is 2.15. The average molecular weight is 291 g/mol. The predicted molar refractivity (Wildman–Crippen MR) is 86.4 cm³/mol. The van der Waals surface area contributed by atoms with Crippen molar-refractivity contribution in [2.45, 2.75) is 33.6 Å². The van der Waals surface area contributed by atoms with Crippen LogP contribution < -0.4 is 11.1 Å². The van der Waals surface area contributed by atoms with Crippen LogP contribution in [0.2, 0.25) is 0 Å². The molecule has 1 aliphatic rings. The van der Waals surface area contributed by atoms with E-state index in [9.17, 15) is 4.79 Å². The highest BCUT2D eigenvalue weighted by atomic mass is 16.1. The zero-order valence-electron chi connectivity index (χ0n) is 13.1. The predicted octanol–water partition coefficient (Wildman–Crippen LogP) is 1.40. The second-order valence-corrected chi connectivity index (χ2v) is 5.31. The summed E-state index contributed by atoms with van der Waals surface area (Å²) in [5, 5.41) is 10.4. The molecule has 0 bridgehead atoms. The first kappa shape index (κ1) is 16.9. The number of hydrogen-bond acceptors (Lipinski definition) is 4. The molecule has 1 amide bonds. The van der Waals surface area contributed by atoms with Gasteiger partial charge in [0.1, 0.15) is 5.84 Å². The molecule has 6 nitrogen and oxygen atoms in total. The number of nitrogens with one attached hydrogen (secondary N) is 2. The van der Waals surface area contributed by atoms with E-state index in [1.54, 1.807) is 6.92 Å².